The summed E-state index contributed by atoms with van der Waals surface area (Å²) in [4.78, 5) is 29.9. The van der Waals surface area contributed by atoms with Gasteiger partial charge in [-0.1, -0.05) is 6.92 Å². The van der Waals surface area contributed by atoms with Gasteiger partial charge in [0.15, 0.2) is 0 Å². The summed E-state index contributed by atoms with van der Waals surface area (Å²) in [6.07, 6.45) is 0.909. The molecule has 5 nitrogen and oxygen atoms in total. The molecule has 0 aliphatic rings. The molecule has 0 aromatic heterocycles. The molecule has 0 atom stereocenters. The second kappa shape index (κ2) is 9.70. The molecule has 0 aliphatic carbocycles. The van der Waals surface area contributed by atoms with E-state index in [1.165, 1.54) is 14.0 Å². The Kier molecular flexibility index (Phi) is 10.5. The summed E-state index contributed by atoms with van der Waals surface area (Å²) in [5, 5.41) is 7.91. The second-order valence-corrected chi connectivity index (χ2v) is 2.60. The summed E-state index contributed by atoms with van der Waals surface area (Å²) in [6, 6.07) is 0. The molecule has 0 amide bonds. The second-order valence-electron chi connectivity index (χ2n) is 2.60. The van der Waals surface area contributed by atoms with E-state index in [0.717, 1.165) is 6.42 Å². The molecule has 0 aliphatic heterocycles. The van der Waals surface area contributed by atoms with Crippen molar-refractivity contribution in [1.29, 1.82) is 0 Å². The van der Waals surface area contributed by atoms with E-state index in [-0.39, 0.29) is 12.2 Å². The highest BCUT2D eigenvalue weighted by Gasteiger charge is 2.01. The van der Waals surface area contributed by atoms with Crippen molar-refractivity contribution >= 4 is 17.7 Å². The highest BCUT2D eigenvalue weighted by atomic mass is 16.5. The predicted molar refractivity (Wildman–Crippen MR) is 49.9 cm³/mol. The van der Waals surface area contributed by atoms with Crippen molar-refractivity contribution in [1.82, 2.24) is 0 Å². The van der Waals surface area contributed by atoms with Crippen LogP contribution in [0.1, 0.15) is 33.1 Å². The topological polar surface area (TPSA) is 80.7 Å². The summed E-state index contributed by atoms with van der Waals surface area (Å²) in [5.74, 6) is -1.35. The fourth-order valence-electron chi connectivity index (χ4n) is 0.489. The molecule has 14 heavy (non-hydrogen) atoms. The number of rotatable bonds is 4. The van der Waals surface area contributed by atoms with Crippen LogP contribution in [0.4, 0.5) is 0 Å². The number of carboxylic acids is 1. The highest BCUT2D eigenvalue weighted by molar-refractivity contribution is 5.93. The van der Waals surface area contributed by atoms with Crippen molar-refractivity contribution in [3.8, 4) is 0 Å². The fourth-order valence-corrected chi connectivity index (χ4v) is 0.489. The lowest BCUT2D eigenvalue weighted by atomic mass is 10.3. The van der Waals surface area contributed by atoms with Crippen LogP contribution in [0.15, 0.2) is 0 Å². The molecular weight excluding hydrogens is 188 g/mol. The summed E-state index contributed by atoms with van der Waals surface area (Å²) in [6.45, 7) is 3.19. The minimum atomic E-state index is -0.711. The van der Waals surface area contributed by atoms with Crippen molar-refractivity contribution in [2.75, 3.05) is 7.11 Å². The van der Waals surface area contributed by atoms with E-state index < -0.39 is 11.9 Å². The van der Waals surface area contributed by atoms with E-state index in [0.29, 0.717) is 6.42 Å². The predicted octanol–water partition coefficient (Wildman–Crippen LogP) is 1.01. The number of carbonyl (C=O) groups is 3. The normalized spacial score (nSPS) is 8.21. The minimum absolute atomic E-state index is 0.115. The number of carbonyl (C=O) groups excluding carboxylic acids is 2. The zero-order valence-electron chi connectivity index (χ0n) is 8.70. The number of ketones is 1. The number of ether oxygens (including phenoxy) is 1. The zero-order chi connectivity index (χ0) is 11.6. The molecule has 0 unspecified atom stereocenters. The van der Waals surface area contributed by atoms with Crippen molar-refractivity contribution in [3.63, 3.8) is 0 Å². The monoisotopic (exact) mass is 204 g/mol. The van der Waals surface area contributed by atoms with Crippen LogP contribution in [0.5, 0.6) is 0 Å². The first-order valence-electron chi connectivity index (χ1n) is 4.22. The van der Waals surface area contributed by atoms with Gasteiger partial charge >= 0.3 is 11.9 Å². The SMILES string of the molecule is CCCC(=O)O.COC(=O)CC(C)=O. The molecule has 0 aromatic carbocycles. The molecule has 82 valence electrons. The van der Waals surface area contributed by atoms with E-state index in [1.54, 1.807) is 0 Å². The van der Waals surface area contributed by atoms with E-state index in [2.05, 4.69) is 4.74 Å². The Balaban J connectivity index is 0. The smallest absolute Gasteiger partial charge is 0.313 e. The van der Waals surface area contributed by atoms with Crippen LogP contribution in [0.25, 0.3) is 0 Å². The summed E-state index contributed by atoms with van der Waals surface area (Å²) in [7, 11) is 1.26. The van der Waals surface area contributed by atoms with E-state index in [1.807, 2.05) is 6.92 Å². The molecule has 0 heterocycles. The Morgan fingerprint density at radius 1 is 1.29 bits per heavy atom. The number of hydrogen-bond donors (Lipinski definition) is 1. The van der Waals surface area contributed by atoms with Crippen LogP contribution in [-0.4, -0.2) is 29.9 Å². The van der Waals surface area contributed by atoms with E-state index in [4.69, 9.17) is 5.11 Å². The van der Waals surface area contributed by atoms with Gasteiger partial charge in [0.1, 0.15) is 12.2 Å². The Hall–Kier alpha value is -1.39. The van der Waals surface area contributed by atoms with Crippen LogP contribution >= 0.6 is 0 Å². The number of carboxylic acid groups (broad SMARTS) is 1. The average Bonchev–Trinajstić information content (AvgIpc) is 2.03. The third-order valence-corrected chi connectivity index (χ3v) is 1.08. The van der Waals surface area contributed by atoms with Gasteiger partial charge in [0, 0.05) is 6.42 Å². The number of methoxy groups -OCH3 is 1. The molecule has 1 N–H and O–H groups in total. The van der Waals surface area contributed by atoms with Gasteiger partial charge < -0.3 is 9.84 Å². The maximum absolute atomic E-state index is 10.2. The lowest BCUT2D eigenvalue weighted by Gasteiger charge is -1.90. The summed E-state index contributed by atoms with van der Waals surface area (Å²) in [5.41, 5.74) is 0. The van der Waals surface area contributed by atoms with Crippen molar-refractivity contribution < 1.29 is 24.2 Å². The Labute approximate surface area is 83.1 Å². The van der Waals surface area contributed by atoms with E-state index in [9.17, 15) is 14.4 Å². The van der Waals surface area contributed by atoms with Gasteiger partial charge in [-0.25, -0.2) is 0 Å². The number of hydrogen-bond acceptors (Lipinski definition) is 4. The van der Waals surface area contributed by atoms with Crippen molar-refractivity contribution in [2.45, 2.75) is 33.1 Å². The number of Topliss-reactive ketones (excluding diaryl/α,β-unsaturated/α-hetero) is 1. The largest absolute Gasteiger partial charge is 0.481 e. The third-order valence-electron chi connectivity index (χ3n) is 1.08. The first-order chi connectivity index (χ1) is 6.43. The molecular formula is C9H16O5. The highest BCUT2D eigenvalue weighted by Crippen LogP contribution is 1.83. The third kappa shape index (κ3) is 16.9. The van der Waals surface area contributed by atoms with Gasteiger partial charge in [-0.3, -0.25) is 14.4 Å². The van der Waals surface area contributed by atoms with Crippen molar-refractivity contribution in [2.24, 2.45) is 0 Å². The maximum Gasteiger partial charge on any atom is 0.313 e. The van der Waals surface area contributed by atoms with Crippen LogP contribution in [0.3, 0.4) is 0 Å². The first-order valence-corrected chi connectivity index (χ1v) is 4.22. The Bertz CT molecular complexity index is 197. The Morgan fingerprint density at radius 3 is 1.86 bits per heavy atom. The molecule has 0 saturated heterocycles. The van der Waals surface area contributed by atoms with Gasteiger partial charge in [0.05, 0.1) is 7.11 Å². The first kappa shape index (κ1) is 15.1. The van der Waals surface area contributed by atoms with Gasteiger partial charge in [-0.05, 0) is 13.3 Å². The lowest BCUT2D eigenvalue weighted by molar-refractivity contribution is -0.143. The van der Waals surface area contributed by atoms with Gasteiger partial charge in [0.2, 0.25) is 0 Å². The quantitative estimate of drug-likeness (QED) is 0.546. The maximum atomic E-state index is 10.2. The number of aliphatic carboxylic acids is 1. The van der Waals surface area contributed by atoms with Gasteiger partial charge in [-0.2, -0.15) is 0 Å². The van der Waals surface area contributed by atoms with Crippen LogP contribution in [-0.2, 0) is 19.1 Å². The number of esters is 1. The zero-order valence-corrected chi connectivity index (χ0v) is 8.70. The van der Waals surface area contributed by atoms with Crippen molar-refractivity contribution in [3.05, 3.63) is 0 Å². The van der Waals surface area contributed by atoms with Crippen LogP contribution in [0.2, 0.25) is 0 Å². The fraction of sp³-hybridized carbons (Fsp3) is 0.667. The van der Waals surface area contributed by atoms with Crippen LogP contribution < -0.4 is 0 Å². The molecule has 5 heteroatoms. The van der Waals surface area contributed by atoms with Crippen LogP contribution in [0, 0.1) is 0 Å². The lowest BCUT2D eigenvalue weighted by Crippen LogP contribution is -2.05. The molecule has 0 rings (SSSR count). The standard InChI is InChI=1S/C5H8O3.C4H8O2/c1-4(6)3-5(7)8-2;1-2-3-4(5)6/h3H2,1-2H3;2-3H2,1H3,(H,5,6). The molecule has 0 aromatic rings. The molecule has 0 spiro atoms. The van der Waals surface area contributed by atoms with E-state index >= 15 is 0 Å². The van der Waals surface area contributed by atoms with Gasteiger partial charge in [-0.15, -0.1) is 0 Å². The van der Waals surface area contributed by atoms with Gasteiger partial charge in [0.25, 0.3) is 0 Å². The average molecular weight is 204 g/mol. The minimum Gasteiger partial charge on any atom is -0.481 e. The Morgan fingerprint density at radius 2 is 1.79 bits per heavy atom. The molecule has 0 saturated carbocycles. The summed E-state index contributed by atoms with van der Waals surface area (Å²) < 4.78 is 4.20. The summed E-state index contributed by atoms with van der Waals surface area (Å²) >= 11 is 0. The molecule has 0 bridgehead atoms. The molecule has 0 fully saturated rings. The molecule has 0 radical (unpaired) electrons.